The minimum atomic E-state index is -1.44. The van der Waals surface area contributed by atoms with Crippen LogP contribution in [0.4, 0.5) is 4.39 Å². The van der Waals surface area contributed by atoms with Gasteiger partial charge >= 0.3 is 5.97 Å². The summed E-state index contributed by atoms with van der Waals surface area (Å²) < 4.78 is 13.8. The van der Waals surface area contributed by atoms with E-state index >= 15 is 0 Å². The molecular formula is C10H17FO2. The van der Waals surface area contributed by atoms with Crippen LogP contribution >= 0.6 is 0 Å². The van der Waals surface area contributed by atoms with E-state index in [1.807, 2.05) is 0 Å². The number of aliphatic carboxylic acids is 1. The zero-order valence-electron chi connectivity index (χ0n) is 8.27. The topological polar surface area (TPSA) is 37.3 Å². The first-order chi connectivity index (χ1) is 5.83. The van der Waals surface area contributed by atoms with Crippen LogP contribution in [-0.2, 0) is 4.79 Å². The third-order valence-corrected chi connectivity index (χ3v) is 2.97. The molecule has 2 nitrogen and oxygen atoms in total. The molecule has 0 bridgehead atoms. The van der Waals surface area contributed by atoms with Gasteiger partial charge in [-0.3, -0.25) is 4.79 Å². The molecule has 1 aliphatic carbocycles. The van der Waals surface area contributed by atoms with E-state index < -0.39 is 11.6 Å². The van der Waals surface area contributed by atoms with Crippen molar-refractivity contribution >= 4 is 5.97 Å². The van der Waals surface area contributed by atoms with Crippen molar-refractivity contribution in [3.63, 3.8) is 0 Å². The maximum atomic E-state index is 13.8. The van der Waals surface area contributed by atoms with Crippen molar-refractivity contribution in [2.24, 2.45) is 5.41 Å². The summed E-state index contributed by atoms with van der Waals surface area (Å²) in [5.74, 6) is -1.03. The number of carboxylic acids is 1. The molecule has 1 rings (SSSR count). The van der Waals surface area contributed by atoms with Crippen molar-refractivity contribution in [3.8, 4) is 0 Å². The second-order valence-corrected chi connectivity index (χ2v) is 4.89. The standard InChI is InChI=1S/C10H17FO2/c1-9(2)3-5-10(11,6-4-9)7-8(12)13/h3-7H2,1-2H3,(H,12,13). The molecule has 1 aliphatic rings. The van der Waals surface area contributed by atoms with E-state index in [4.69, 9.17) is 5.11 Å². The summed E-state index contributed by atoms with van der Waals surface area (Å²) in [6.45, 7) is 4.21. The zero-order valence-corrected chi connectivity index (χ0v) is 8.27. The molecule has 0 aliphatic heterocycles. The maximum Gasteiger partial charge on any atom is 0.306 e. The van der Waals surface area contributed by atoms with Crippen LogP contribution in [0, 0.1) is 5.41 Å². The van der Waals surface area contributed by atoms with E-state index in [0.29, 0.717) is 12.8 Å². The van der Waals surface area contributed by atoms with Gasteiger partial charge < -0.3 is 5.11 Å². The number of carboxylic acid groups (broad SMARTS) is 1. The third-order valence-electron chi connectivity index (χ3n) is 2.97. The molecule has 0 aromatic heterocycles. The van der Waals surface area contributed by atoms with Crippen molar-refractivity contribution in [1.29, 1.82) is 0 Å². The predicted octanol–water partition coefficient (Wildman–Crippen LogP) is 2.77. The summed E-state index contributed by atoms with van der Waals surface area (Å²) >= 11 is 0. The van der Waals surface area contributed by atoms with E-state index in [0.717, 1.165) is 12.8 Å². The van der Waals surface area contributed by atoms with Crippen molar-refractivity contribution in [2.45, 2.75) is 51.6 Å². The van der Waals surface area contributed by atoms with Gasteiger partial charge in [-0.15, -0.1) is 0 Å². The molecular weight excluding hydrogens is 171 g/mol. The average molecular weight is 188 g/mol. The first-order valence-electron chi connectivity index (χ1n) is 4.74. The number of alkyl halides is 1. The normalized spacial score (nSPS) is 25.5. The Morgan fingerprint density at radius 1 is 1.31 bits per heavy atom. The van der Waals surface area contributed by atoms with Gasteiger partial charge in [-0.1, -0.05) is 13.8 Å². The van der Waals surface area contributed by atoms with Crippen LogP contribution in [0.2, 0.25) is 0 Å². The van der Waals surface area contributed by atoms with E-state index in [9.17, 15) is 9.18 Å². The van der Waals surface area contributed by atoms with Gasteiger partial charge in [0.1, 0.15) is 5.67 Å². The van der Waals surface area contributed by atoms with Crippen molar-refractivity contribution in [1.82, 2.24) is 0 Å². The van der Waals surface area contributed by atoms with Gasteiger partial charge in [-0.2, -0.15) is 0 Å². The Morgan fingerprint density at radius 2 is 1.77 bits per heavy atom. The van der Waals surface area contributed by atoms with Gasteiger partial charge in [-0.05, 0) is 31.1 Å². The van der Waals surface area contributed by atoms with Crippen LogP contribution in [0.5, 0.6) is 0 Å². The van der Waals surface area contributed by atoms with Crippen LogP contribution in [0.1, 0.15) is 46.0 Å². The largest absolute Gasteiger partial charge is 0.481 e. The van der Waals surface area contributed by atoms with Crippen LogP contribution in [-0.4, -0.2) is 16.7 Å². The SMILES string of the molecule is CC1(C)CCC(F)(CC(=O)O)CC1. The molecule has 1 saturated carbocycles. The number of halogens is 1. The van der Waals surface area contributed by atoms with Gasteiger partial charge in [0, 0.05) is 0 Å². The maximum absolute atomic E-state index is 13.8. The van der Waals surface area contributed by atoms with E-state index in [-0.39, 0.29) is 11.8 Å². The van der Waals surface area contributed by atoms with Gasteiger partial charge in [0.2, 0.25) is 0 Å². The fraction of sp³-hybridized carbons (Fsp3) is 0.900. The van der Waals surface area contributed by atoms with Gasteiger partial charge in [-0.25, -0.2) is 4.39 Å². The van der Waals surface area contributed by atoms with E-state index in [1.54, 1.807) is 0 Å². The lowest BCUT2D eigenvalue weighted by Gasteiger charge is -2.37. The monoisotopic (exact) mass is 188 g/mol. The van der Waals surface area contributed by atoms with Gasteiger partial charge in [0.15, 0.2) is 0 Å². The Kier molecular flexibility index (Phi) is 2.64. The second kappa shape index (κ2) is 3.28. The van der Waals surface area contributed by atoms with Crippen molar-refractivity contribution < 1.29 is 14.3 Å². The summed E-state index contributed by atoms with van der Waals surface area (Å²) in [4.78, 5) is 10.4. The highest BCUT2D eigenvalue weighted by molar-refractivity contribution is 5.68. The summed E-state index contributed by atoms with van der Waals surface area (Å²) in [6.07, 6.45) is 2.04. The minimum Gasteiger partial charge on any atom is -0.481 e. The molecule has 1 fully saturated rings. The molecule has 0 spiro atoms. The van der Waals surface area contributed by atoms with Crippen LogP contribution < -0.4 is 0 Å². The Bertz CT molecular complexity index is 201. The fourth-order valence-corrected chi connectivity index (χ4v) is 1.82. The van der Waals surface area contributed by atoms with Crippen molar-refractivity contribution in [3.05, 3.63) is 0 Å². The summed E-state index contributed by atoms with van der Waals surface area (Å²) in [5.41, 5.74) is -1.25. The summed E-state index contributed by atoms with van der Waals surface area (Å²) in [6, 6.07) is 0. The van der Waals surface area contributed by atoms with E-state index in [2.05, 4.69) is 13.8 Å². The number of hydrogen-bond donors (Lipinski definition) is 1. The molecule has 13 heavy (non-hydrogen) atoms. The Morgan fingerprint density at radius 3 is 2.15 bits per heavy atom. The summed E-state index contributed by atoms with van der Waals surface area (Å²) in [7, 11) is 0. The van der Waals surface area contributed by atoms with Crippen LogP contribution in [0.25, 0.3) is 0 Å². The highest BCUT2D eigenvalue weighted by Crippen LogP contribution is 2.43. The number of carbonyl (C=O) groups is 1. The molecule has 0 saturated heterocycles. The smallest absolute Gasteiger partial charge is 0.306 e. The number of hydrogen-bond acceptors (Lipinski definition) is 1. The molecule has 0 radical (unpaired) electrons. The predicted molar refractivity (Wildman–Crippen MR) is 48.3 cm³/mol. The Hall–Kier alpha value is -0.600. The lowest BCUT2D eigenvalue weighted by Crippen LogP contribution is -2.35. The highest BCUT2D eigenvalue weighted by Gasteiger charge is 2.39. The first kappa shape index (κ1) is 10.5. The molecule has 0 unspecified atom stereocenters. The Labute approximate surface area is 78.1 Å². The molecule has 0 atom stereocenters. The molecule has 0 heterocycles. The third kappa shape index (κ3) is 2.98. The fourth-order valence-electron chi connectivity index (χ4n) is 1.82. The quantitative estimate of drug-likeness (QED) is 0.723. The zero-order chi connectivity index (χ0) is 10.1. The lowest BCUT2D eigenvalue weighted by atomic mass is 9.71. The molecule has 0 amide bonds. The van der Waals surface area contributed by atoms with Crippen LogP contribution in [0.15, 0.2) is 0 Å². The first-order valence-corrected chi connectivity index (χ1v) is 4.74. The molecule has 0 aromatic carbocycles. The average Bonchev–Trinajstić information content (AvgIpc) is 1.95. The van der Waals surface area contributed by atoms with Crippen molar-refractivity contribution in [2.75, 3.05) is 0 Å². The molecule has 0 aromatic rings. The molecule has 76 valence electrons. The highest BCUT2D eigenvalue weighted by atomic mass is 19.1. The van der Waals surface area contributed by atoms with Crippen LogP contribution in [0.3, 0.4) is 0 Å². The summed E-state index contributed by atoms with van der Waals surface area (Å²) in [5, 5.41) is 8.52. The molecule has 1 N–H and O–H groups in total. The van der Waals surface area contributed by atoms with Gasteiger partial charge in [0.25, 0.3) is 0 Å². The second-order valence-electron chi connectivity index (χ2n) is 4.89. The minimum absolute atomic E-state index is 0.189. The Balaban J connectivity index is 2.51. The molecule has 3 heteroatoms. The van der Waals surface area contributed by atoms with Gasteiger partial charge in [0.05, 0.1) is 6.42 Å². The lowest BCUT2D eigenvalue weighted by molar-refractivity contribution is -0.141. The number of rotatable bonds is 2. The van der Waals surface area contributed by atoms with E-state index in [1.165, 1.54) is 0 Å².